The van der Waals surface area contributed by atoms with E-state index in [2.05, 4.69) is 130 Å². The van der Waals surface area contributed by atoms with E-state index in [0.29, 0.717) is 19.4 Å². The molecule has 0 N–H and O–H groups in total. The van der Waals surface area contributed by atoms with Crippen LogP contribution in [0.2, 0.25) is 0 Å². The Morgan fingerprint density at radius 1 is 0.397 bits per heavy atom. The molecule has 58 heavy (non-hydrogen) atoms. The van der Waals surface area contributed by atoms with Gasteiger partial charge in [0, 0.05) is 19.4 Å². The molecule has 0 aromatic rings. The maximum Gasteiger partial charge on any atom is 0.306 e. The summed E-state index contributed by atoms with van der Waals surface area (Å²) in [4.78, 5) is 25.2. The van der Waals surface area contributed by atoms with E-state index in [1.54, 1.807) is 0 Å². The van der Waals surface area contributed by atoms with Crippen molar-refractivity contribution in [3.63, 3.8) is 0 Å². The second kappa shape index (κ2) is 47.9. The van der Waals surface area contributed by atoms with Gasteiger partial charge in [0.2, 0.25) is 0 Å². The summed E-state index contributed by atoms with van der Waals surface area (Å²) in [6, 6.07) is 0. The highest BCUT2D eigenvalue weighted by atomic mass is 16.6. The van der Waals surface area contributed by atoms with Gasteiger partial charge in [-0.05, 0) is 96.3 Å². The lowest BCUT2D eigenvalue weighted by Crippen LogP contribution is -2.30. The molecule has 1 atom stereocenters. The van der Waals surface area contributed by atoms with Crippen LogP contribution in [0.4, 0.5) is 0 Å². The molecule has 0 aromatic carbocycles. The van der Waals surface area contributed by atoms with Crippen LogP contribution in [0.3, 0.4) is 0 Å². The fourth-order valence-electron chi connectivity index (χ4n) is 5.89. The number of unbranched alkanes of at least 4 members (excludes halogenated alkanes) is 12. The highest BCUT2D eigenvalue weighted by Gasteiger charge is 2.17. The molecule has 5 heteroatoms. The first kappa shape index (κ1) is 54.6. The van der Waals surface area contributed by atoms with Gasteiger partial charge in [-0.3, -0.25) is 9.59 Å². The van der Waals surface area contributed by atoms with Crippen LogP contribution in [0.25, 0.3) is 0 Å². The maximum absolute atomic E-state index is 12.7. The molecule has 0 bridgehead atoms. The summed E-state index contributed by atoms with van der Waals surface area (Å²) in [6.07, 6.45) is 65.2. The Morgan fingerprint density at radius 2 is 0.793 bits per heavy atom. The summed E-state index contributed by atoms with van der Waals surface area (Å²) >= 11 is 0. The zero-order valence-corrected chi connectivity index (χ0v) is 37.5. The summed E-state index contributed by atoms with van der Waals surface area (Å²) in [6.45, 7) is 7.47. The molecule has 0 amide bonds. The second-order valence-electron chi connectivity index (χ2n) is 14.9. The van der Waals surface area contributed by atoms with Crippen LogP contribution in [-0.2, 0) is 23.8 Å². The highest BCUT2D eigenvalue weighted by Crippen LogP contribution is 2.11. The van der Waals surface area contributed by atoms with Crippen LogP contribution in [-0.4, -0.2) is 37.9 Å². The van der Waals surface area contributed by atoms with E-state index in [0.717, 1.165) is 116 Å². The molecule has 0 saturated carbocycles. The van der Waals surface area contributed by atoms with Crippen molar-refractivity contribution in [1.29, 1.82) is 0 Å². The number of allylic oxidation sites excluding steroid dienone is 18. The Kier molecular flexibility index (Phi) is 45.1. The van der Waals surface area contributed by atoms with Gasteiger partial charge in [0.1, 0.15) is 6.61 Å². The Labute approximate surface area is 357 Å². The van der Waals surface area contributed by atoms with Crippen LogP contribution < -0.4 is 0 Å². The lowest BCUT2D eigenvalue weighted by atomic mass is 10.1. The summed E-state index contributed by atoms with van der Waals surface area (Å²) in [5, 5.41) is 0. The van der Waals surface area contributed by atoms with Gasteiger partial charge in [-0.15, -0.1) is 0 Å². The van der Waals surface area contributed by atoms with E-state index in [9.17, 15) is 9.59 Å². The molecular formula is C53H86O5. The summed E-state index contributed by atoms with van der Waals surface area (Å²) < 4.78 is 17.2. The normalized spacial score (nSPS) is 13.2. The number of carbonyl (C=O) groups excluding carboxylic acids is 2. The Hall–Kier alpha value is -3.44. The van der Waals surface area contributed by atoms with Crippen molar-refractivity contribution in [2.24, 2.45) is 0 Å². The van der Waals surface area contributed by atoms with Crippen LogP contribution in [0.1, 0.15) is 188 Å². The summed E-state index contributed by atoms with van der Waals surface area (Å²) in [5.41, 5.74) is 0. The standard InChI is InChI=1S/C53H86O5/c1-4-7-10-13-16-19-21-23-25-27-29-31-33-35-37-40-43-46-52(54)57-50-51(49-56-48-45-42-39-18-15-12-9-6-3)58-53(55)47-44-41-38-36-34-32-30-28-26-24-22-20-17-14-11-8-5-2/h7-8,10-11,16-17,19-20,23-26,29-32,35,37,51H,4-6,9,12-15,18,21-22,27-28,33-34,36,38-50H2,1-3H3/b10-7-,11-8-,19-16-,20-17-,25-23-,26-24-,31-29-,32-30-,37-35-. The van der Waals surface area contributed by atoms with Gasteiger partial charge >= 0.3 is 11.9 Å². The number of rotatable bonds is 41. The highest BCUT2D eigenvalue weighted by molar-refractivity contribution is 5.70. The minimum absolute atomic E-state index is 0.0402. The van der Waals surface area contributed by atoms with Crippen LogP contribution >= 0.6 is 0 Å². The van der Waals surface area contributed by atoms with Crippen LogP contribution in [0.15, 0.2) is 109 Å². The topological polar surface area (TPSA) is 61.8 Å². The Bertz CT molecular complexity index is 1180. The molecule has 0 saturated heterocycles. The average Bonchev–Trinajstić information content (AvgIpc) is 3.22. The number of ether oxygens (including phenoxy) is 3. The largest absolute Gasteiger partial charge is 0.462 e. The molecule has 328 valence electrons. The lowest BCUT2D eigenvalue weighted by molar-refractivity contribution is -0.163. The molecule has 0 aromatic heterocycles. The quantitative estimate of drug-likeness (QED) is 0.0350. The molecular weight excluding hydrogens is 717 g/mol. The third-order valence-corrected chi connectivity index (χ3v) is 9.30. The van der Waals surface area contributed by atoms with Gasteiger partial charge in [0.15, 0.2) is 6.10 Å². The van der Waals surface area contributed by atoms with E-state index in [1.165, 1.54) is 38.5 Å². The SMILES string of the molecule is CC/C=C\C/C=C\C/C=C\C/C=C\C/C=C\CCCC(=O)OCC(COCCCCCCCCCC)OC(=O)CCCCCC/C=C\C/C=C\C/C=C\C/C=C\CC. The molecule has 0 rings (SSSR count). The first-order chi connectivity index (χ1) is 28.6. The van der Waals surface area contributed by atoms with Crippen molar-refractivity contribution < 1.29 is 23.8 Å². The Balaban J connectivity index is 4.36. The summed E-state index contributed by atoms with van der Waals surface area (Å²) in [5.74, 6) is -0.501. The zero-order valence-electron chi connectivity index (χ0n) is 37.5. The van der Waals surface area contributed by atoms with Crippen molar-refractivity contribution in [3.05, 3.63) is 109 Å². The third kappa shape index (κ3) is 45.3. The lowest BCUT2D eigenvalue weighted by Gasteiger charge is -2.18. The van der Waals surface area contributed by atoms with Gasteiger partial charge in [0.25, 0.3) is 0 Å². The monoisotopic (exact) mass is 803 g/mol. The first-order valence-electron chi connectivity index (χ1n) is 23.4. The van der Waals surface area contributed by atoms with Gasteiger partial charge in [-0.1, -0.05) is 188 Å². The van der Waals surface area contributed by atoms with Crippen molar-refractivity contribution in [2.75, 3.05) is 19.8 Å². The minimum atomic E-state index is -0.574. The second-order valence-corrected chi connectivity index (χ2v) is 14.9. The van der Waals surface area contributed by atoms with Gasteiger partial charge in [-0.2, -0.15) is 0 Å². The van der Waals surface area contributed by atoms with Crippen molar-refractivity contribution in [2.45, 2.75) is 194 Å². The van der Waals surface area contributed by atoms with E-state index in [-0.39, 0.29) is 25.2 Å². The predicted molar refractivity (Wildman–Crippen MR) is 251 cm³/mol. The van der Waals surface area contributed by atoms with Crippen LogP contribution in [0.5, 0.6) is 0 Å². The van der Waals surface area contributed by atoms with Crippen molar-refractivity contribution in [3.8, 4) is 0 Å². The Morgan fingerprint density at radius 3 is 1.29 bits per heavy atom. The third-order valence-electron chi connectivity index (χ3n) is 9.30. The molecule has 0 aliphatic carbocycles. The predicted octanol–water partition coefficient (Wildman–Crippen LogP) is 15.7. The first-order valence-corrected chi connectivity index (χ1v) is 23.4. The van der Waals surface area contributed by atoms with E-state index in [4.69, 9.17) is 14.2 Å². The van der Waals surface area contributed by atoms with E-state index >= 15 is 0 Å². The number of esters is 2. The molecule has 1 unspecified atom stereocenters. The minimum Gasteiger partial charge on any atom is -0.462 e. The fraction of sp³-hybridized carbons (Fsp3) is 0.623. The van der Waals surface area contributed by atoms with E-state index in [1.807, 2.05) is 0 Å². The molecule has 0 heterocycles. The van der Waals surface area contributed by atoms with E-state index < -0.39 is 6.10 Å². The van der Waals surface area contributed by atoms with Gasteiger partial charge in [0.05, 0.1) is 6.61 Å². The molecule has 5 nitrogen and oxygen atoms in total. The van der Waals surface area contributed by atoms with Crippen LogP contribution in [0, 0.1) is 0 Å². The molecule has 0 aliphatic heterocycles. The molecule has 0 radical (unpaired) electrons. The van der Waals surface area contributed by atoms with Gasteiger partial charge < -0.3 is 14.2 Å². The van der Waals surface area contributed by atoms with Gasteiger partial charge in [-0.25, -0.2) is 0 Å². The molecule has 0 spiro atoms. The molecule has 0 fully saturated rings. The number of carbonyl (C=O) groups is 2. The average molecular weight is 803 g/mol. The zero-order chi connectivity index (χ0) is 42.1. The maximum atomic E-state index is 12.7. The number of hydrogen-bond donors (Lipinski definition) is 0. The molecule has 0 aliphatic rings. The van der Waals surface area contributed by atoms with Crippen molar-refractivity contribution in [1.82, 2.24) is 0 Å². The smallest absolute Gasteiger partial charge is 0.306 e. The van der Waals surface area contributed by atoms with Crippen molar-refractivity contribution >= 4 is 11.9 Å². The fourth-order valence-corrected chi connectivity index (χ4v) is 5.89. The summed E-state index contributed by atoms with van der Waals surface area (Å²) in [7, 11) is 0. The number of hydrogen-bond acceptors (Lipinski definition) is 5.